The molecule has 0 aromatic heterocycles. The van der Waals surface area contributed by atoms with Gasteiger partial charge in [-0.3, -0.25) is 4.79 Å². The Bertz CT molecular complexity index is 285. The second-order valence-corrected chi connectivity index (χ2v) is 3.51. The molecule has 9 heteroatoms. The number of hydrogen-bond donors (Lipinski definition) is 3. The van der Waals surface area contributed by atoms with E-state index in [9.17, 15) is 28.2 Å². The van der Waals surface area contributed by atoms with Crippen LogP contribution in [0, 0.1) is 0 Å². The van der Waals surface area contributed by atoms with Gasteiger partial charge in [-0.1, -0.05) is 0 Å². The van der Waals surface area contributed by atoms with Gasteiger partial charge in [-0.15, -0.1) is 0 Å². The monoisotopic (exact) mass is 259 g/mol. The first kappa shape index (κ1) is 14.2. The fourth-order valence-electron chi connectivity index (χ4n) is 1.40. The van der Waals surface area contributed by atoms with Gasteiger partial charge in [-0.25, -0.2) is 0 Å². The van der Waals surface area contributed by atoms with Gasteiger partial charge in [0.1, 0.15) is 6.10 Å². The summed E-state index contributed by atoms with van der Waals surface area (Å²) in [6, 6.07) is -1.34. The van der Waals surface area contributed by atoms with E-state index in [-0.39, 0.29) is 6.42 Å². The summed E-state index contributed by atoms with van der Waals surface area (Å²) in [6.07, 6.45) is -9.40. The van der Waals surface area contributed by atoms with E-state index in [4.69, 9.17) is 0 Å². The van der Waals surface area contributed by atoms with E-state index in [1.807, 2.05) is 0 Å². The number of halogens is 3. The first-order valence-corrected chi connectivity index (χ1v) is 4.67. The molecule has 100 valence electrons. The standard InChI is InChI=1S/C8H12F3NO5/c1-16-6-4(13)2-3(5(14)17-6)12-7(15)8(9,10)11/h3-6,13-14H,2H2,1H3,(H,12,15)/t3-,4+,5+,6+/m0/s1. The SMILES string of the molecule is CO[C@@H]1O[C@@H](O)[C@@H](NC(=O)C(F)(F)F)C[C@H]1O. The van der Waals surface area contributed by atoms with E-state index in [2.05, 4.69) is 9.47 Å². The van der Waals surface area contributed by atoms with E-state index in [1.165, 1.54) is 12.4 Å². The van der Waals surface area contributed by atoms with Crippen LogP contribution in [0.4, 0.5) is 13.2 Å². The van der Waals surface area contributed by atoms with Crippen molar-refractivity contribution >= 4 is 5.91 Å². The summed E-state index contributed by atoms with van der Waals surface area (Å²) in [5.74, 6) is -2.20. The molecular formula is C8H12F3NO5. The van der Waals surface area contributed by atoms with Gasteiger partial charge in [0.25, 0.3) is 0 Å². The largest absolute Gasteiger partial charge is 0.471 e. The molecular weight excluding hydrogens is 247 g/mol. The maximum absolute atomic E-state index is 11.9. The van der Waals surface area contributed by atoms with Gasteiger partial charge in [0.15, 0.2) is 12.6 Å². The predicted molar refractivity (Wildman–Crippen MR) is 46.5 cm³/mol. The smallest absolute Gasteiger partial charge is 0.388 e. The predicted octanol–water partition coefficient (Wildman–Crippen LogP) is -0.894. The van der Waals surface area contributed by atoms with Crippen molar-refractivity contribution in [3.05, 3.63) is 0 Å². The summed E-state index contributed by atoms with van der Waals surface area (Å²) in [5.41, 5.74) is 0. The Labute approximate surface area is 94.3 Å². The third-order valence-corrected chi connectivity index (χ3v) is 2.23. The van der Waals surface area contributed by atoms with Gasteiger partial charge in [-0.2, -0.15) is 13.2 Å². The molecule has 1 saturated heterocycles. The highest BCUT2D eigenvalue weighted by atomic mass is 19.4. The number of aliphatic hydroxyl groups excluding tert-OH is 2. The third kappa shape index (κ3) is 3.53. The first-order chi connectivity index (χ1) is 7.75. The van der Waals surface area contributed by atoms with E-state index in [1.54, 1.807) is 0 Å². The summed E-state index contributed by atoms with van der Waals surface area (Å²) >= 11 is 0. The number of nitrogens with one attached hydrogen (secondary N) is 1. The van der Waals surface area contributed by atoms with Crippen LogP contribution < -0.4 is 5.32 Å². The van der Waals surface area contributed by atoms with Crippen LogP contribution in [-0.2, 0) is 14.3 Å². The van der Waals surface area contributed by atoms with Crippen molar-refractivity contribution in [2.75, 3.05) is 7.11 Å². The lowest BCUT2D eigenvalue weighted by Crippen LogP contribution is -2.56. The van der Waals surface area contributed by atoms with Crippen LogP contribution in [0.2, 0.25) is 0 Å². The average Bonchev–Trinajstić information content (AvgIpc) is 2.21. The molecule has 0 saturated carbocycles. The molecule has 4 atom stereocenters. The lowest BCUT2D eigenvalue weighted by atomic mass is 10.1. The Morgan fingerprint density at radius 3 is 2.53 bits per heavy atom. The third-order valence-electron chi connectivity index (χ3n) is 2.23. The highest BCUT2D eigenvalue weighted by Gasteiger charge is 2.43. The number of carbonyl (C=O) groups is 1. The lowest BCUT2D eigenvalue weighted by molar-refractivity contribution is -0.287. The van der Waals surface area contributed by atoms with Crippen molar-refractivity contribution < 1.29 is 37.7 Å². The fourth-order valence-corrected chi connectivity index (χ4v) is 1.40. The molecule has 0 unspecified atom stereocenters. The van der Waals surface area contributed by atoms with Gasteiger partial charge < -0.3 is 25.0 Å². The minimum atomic E-state index is -5.05. The van der Waals surface area contributed by atoms with E-state index in [0.717, 1.165) is 0 Å². The summed E-state index contributed by atoms with van der Waals surface area (Å²) < 4.78 is 45.2. The molecule has 1 aliphatic rings. The fraction of sp³-hybridized carbons (Fsp3) is 0.875. The molecule has 1 amide bonds. The van der Waals surface area contributed by atoms with Gasteiger partial charge in [-0.05, 0) is 0 Å². The highest BCUT2D eigenvalue weighted by molar-refractivity contribution is 5.81. The minimum Gasteiger partial charge on any atom is -0.388 e. The molecule has 0 aromatic rings. The van der Waals surface area contributed by atoms with Gasteiger partial charge in [0.05, 0.1) is 6.04 Å². The maximum Gasteiger partial charge on any atom is 0.471 e. The van der Waals surface area contributed by atoms with Crippen LogP contribution in [0.25, 0.3) is 0 Å². The second-order valence-electron chi connectivity index (χ2n) is 3.51. The summed E-state index contributed by atoms with van der Waals surface area (Å²) in [5, 5.41) is 20.2. The quantitative estimate of drug-likeness (QED) is 0.598. The molecule has 1 fully saturated rings. The van der Waals surface area contributed by atoms with Crippen LogP contribution in [0.5, 0.6) is 0 Å². The molecule has 0 aromatic carbocycles. The molecule has 0 radical (unpaired) electrons. The Morgan fingerprint density at radius 1 is 1.47 bits per heavy atom. The number of methoxy groups -OCH3 is 1. The van der Waals surface area contributed by atoms with Crippen LogP contribution in [0.15, 0.2) is 0 Å². The van der Waals surface area contributed by atoms with Gasteiger partial charge in [0.2, 0.25) is 0 Å². The summed E-state index contributed by atoms with van der Waals surface area (Å²) in [6.45, 7) is 0. The van der Waals surface area contributed by atoms with Crippen LogP contribution in [0.3, 0.4) is 0 Å². The van der Waals surface area contributed by atoms with Gasteiger partial charge in [0, 0.05) is 13.5 Å². The molecule has 6 nitrogen and oxygen atoms in total. The number of carbonyl (C=O) groups excluding carboxylic acids is 1. The van der Waals surface area contributed by atoms with Gasteiger partial charge >= 0.3 is 12.1 Å². The Morgan fingerprint density at radius 2 is 2.06 bits per heavy atom. The van der Waals surface area contributed by atoms with Crippen molar-refractivity contribution in [2.45, 2.75) is 37.3 Å². The number of amides is 1. The minimum absolute atomic E-state index is 0.304. The molecule has 0 spiro atoms. The molecule has 1 heterocycles. The number of aliphatic hydroxyl groups is 2. The zero-order valence-electron chi connectivity index (χ0n) is 8.77. The zero-order chi connectivity index (χ0) is 13.2. The van der Waals surface area contributed by atoms with Crippen LogP contribution >= 0.6 is 0 Å². The summed E-state index contributed by atoms with van der Waals surface area (Å²) in [4.78, 5) is 10.6. The molecule has 17 heavy (non-hydrogen) atoms. The molecule has 0 aliphatic carbocycles. The lowest BCUT2D eigenvalue weighted by Gasteiger charge is -2.36. The number of ether oxygens (including phenoxy) is 2. The summed E-state index contributed by atoms with van der Waals surface area (Å²) in [7, 11) is 1.20. The van der Waals surface area contributed by atoms with Crippen molar-refractivity contribution in [3.8, 4) is 0 Å². The molecule has 0 bridgehead atoms. The first-order valence-electron chi connectivity index (χ1n) is 4.67. The van der Waals surface area contributed by atoms with E-state index >= 15 is 0 Å². The molecule has 1 rings (SSSR count). The molecule has 3 N–H and O–H groups in total. The Kier molecular flexibility index (Phi) is 4.31. The number of rotatable bonds is 2. The Hall–Kier alpha value is -0.900. The molecule has 1 aliphatic heterocycles. The van der Waals surface area contributed by atoms with Crippen LogP contribution in [0.1, 0.15) is 6.42 Å². The second kappa shape index (κ2) is 5.17. The van der Waals surface area contributed by atoms with Crippen LogP contribution in [-0.4, -0.2) is 54.1 Å². The highest BCUT2D eigenvalue weighted by Crippen LogP contribution is 2.21. The van der Waals surface area contributed by atoms with E-state index in [0.29, 0.717) is 0 Å². The Balaban J connectivity index is 2.59. The van der Waals surface area contributed by atoms with E-state index < -0.39 is 36.8 Å². The number of alkyl halides is 3. The van der Waals surface area contributed by atoms with Crippen molar-refractivity contribution in [3.63, 3.8) is 0 Å². The van der Waals surface area contributed by atoms with Crippen molar-refractivity contribution in [1.29, 1.82) is 0 Å². The van der Waals surface area contributed by atoms with Crippen molar-refractivity contribution in [2.24, 2.45) is 0 Å². The normalized spacial score (nSPS) is 34.5. The zero-order valence-corrected chi connectivity index (χ0v) is 8.77. The average molecular weight is 259 g/mol. The number of hydrogen-bond acceptors (Lipinski definition) is 5. The van der Waals surface area contributed by atoms with Crippen molar-refractivity contribution in [1.82, 2.24) is 5.32 Å². The topological polar surface area (TPSA) is 88.0 Å². The maximum atomic E-state index is 11.9.